The number of allylic oxidation sites excluding steroid dienone is 1. The van der Waals surface area contributed by atoms with Crippen molar-refractivity contribution in [2.24, 2.45) is 11.8 Å². The van der Waals surface area contributed by atoms with E-state index in [0.717, 1.165) is 18.8 Å². The predicted octanol–water partition coefficient (Wildman–Crippen LogP) is 4.17. The summed E-state index contributed by atoms with van der Waals surface area (Å²) in [5.41, 5.74) is 1.28. The zero-order valence-electron chi connectivity index (χ0n) is 10.9. The van der Waals surface area contributed by atoms with Gasteiger partial charge in [-0.2, -0.15) is 0 Å². The molecule has 0 aliphatic rings. The van der Waals surface area contributed by atoms with Gasteiger partial charge < -0.3 is 5.11 Å². The summed E-state index contributed by atoms with van der Waals surface area (Å²) in [5.74, 6) is 1.42. The van der Waals surface area contributed by atoms with Crippen LogP contribution in [0.3, 0.4) is 0 Å². The summed E-state index contributed by atoms with van der Waals surface area (Å²) >= 11 is 0. The zero-order chi connectivity index (χ0) is 11.8. The maximum absolute atomic E-state index is 9.28. The van der Waals surface area contributed by atoms with Crippen LogP contribution in [0.4, 0.5) is 0 Å². The van der Waals surface area contributed by atoms with Crippen molar-refractivity contribution in [2.45, 2.75) is 65.9 Å². The van der Waals surface area contributed by atoms with Gasteiger partial charge in [-0.1, -0.05) is 38.8 Å². The number of hydrogen-bond acceptors (Lipinski definition) is 1. The van der Waals surface area contributed by atoms with Gasteiger partial charge in [0.1, 0.15) is 0 Å². The molecule has 0 amide bonds. The molecule has 0 aliphatic heterocycles. The first kappa shape index (κ1) is 14.7. The summed E-state index contributed by atoms with van der Waals surface area (Å²) in [6, 6.07) is 0. The normalized spacial score (nSPS) is 17.1. The second-order valence-corrected chi connectivity index (χ2v) is 5.06. The van der Waals surface area contributed by atoms with Crippen molar-refractivity contribution in [2.75, 3.05) is 0 Å². The second-order valence-electron chi connectivity index (χ2n) is 5.06. The molecule has 3 atom stereocenters. The minimum Gasteiger partial charge on any atom is -0.393 e. The van der Waals surface area contributed by atoms with E-state index in [1.165, 1.54) is 24.8 Å². The number of aliphatic hydroxyl groups is 1. The van der Waals surface area contributed by atoms with Crippen molar-refractivity contribution in [3.8, 4) is 0 Å². The fourth-order valence-electron chi connectivity index (χ4n) is 1.77. The van der Waals surface area contributed by atoms with Gasteiger partial charge in [0, 0.05) is 0 Å². The van der Waals surface area contributed by atoms with Gasteiger partial charge in [0.05, 0.1) is 6.10 Å². The first-order valence-corrected chi connectivity index (χ1v) is 6.30. The summed E-state index contributed by atoms with van der Waals surface area (Å²) in [5, 5.41) is 9.28. The molecule has 90 valence electrons. The van der Waals surface area contributed by atoms with Gasteiger partial charge in [-0.25, -0.2) is 0 Å². The third-order valence-corrected chi connectivity index (χ3v) is 3.33. The molecule has 3 unspecified atom stereocenters. The fraction of sp³-hybridized carbons (Fsp3) is 0.857. The fourth-order valence-corrected chi connectivity index (χ4v) is 1.77. The molecule has 0 rings (SSSR count). The summed E-state index contributed by atoms with van der Waals surface area (Å²) in [4.78, 5) is 0. The summed E-state index contributed by atoms with van der Waals surface area (Å²) in [6.45, 7) is 12.6. The van der Waals surface area contributed by atoms with E-state index in [-0.39, 0.29) is 6.10 Å². The summed E-state index contributed by atoms with van der Waals surface area (Å²) < 4.78 is 0. The number of aliphatic hydroxyl groups excluding tert-OH is 1. The average molecular weight is 212 g/mol. The average Bonchev–Trinajstić information content (AvgIpc) is 2.16. The maximum atomic E-state index is 9.28. The predicted molar refractivity (Wildman–Crippen MR) is 67.9 cm³/mol. The minimum atomic E-state index is -0.171. The Morgan fingerprint density at radius 3 is 2.07 bits per heavy atom. The Morgan fingerprint density at radius 2 is 1.67 bits per heavy atom. The molecule has 0 aromatic heterocycles. The van der Waals surface area contributed by atoms with Gasteiger partial charge in [0.25, 0.3) is 0 Å². The molecular formula is C14H28O. The molecule has 0 saturated heterocycles. The van der Waals surface area contributed by atoms with Crippen molar-refractivity contribution in [1.82, 2.24) is 0 Å². The van der Waals surface area contributed by atoms with E-state index in [9.17, 15) is 5.11 Å². The molecule has 0 spiro atoms. The molecule has 0 radical (unpaired) electrons. The monoisotopic (exact) mass is 212 g/mol. The molecule has 0 aromatic rings. The van der Waals surface area contributed by atoms with E-state index < -0.39 is 0 Å². The van der Waals surface area contributed by atoms with Gasteiger partial charge in [0.15, 0.2) is 0 Å². The van der Waals surface area contributed by atoms with Gasteiger partial charge in [0.2, 0.25) is 0 Å². The van der Waals surface area contributed by atoms with E-state index in [4.69, 9.17) is 0 Å². The van der Waals surface area contributed by atoms with E-state index in [1.54, 1.807) is 0 Å². The first-order valence-electron chi connectivity index (χ1n) is 6.30. The highest BCUT2D eigenvalue weighted by Crippen LogP contribution is 2.24. The molecule has 0 heterocycles. The Morgan fingerprint density at radius 1 is 1.13 bits per heavy atom. The quantitative estimate of drug-likeness (QED) is 0.599. The van der Waals surface area contributed by atoms with E-state index >= 15 is 0 Å². The van der Waals surface area contributed by atoms with Crippen LogP contribution in [0.1, 0.15) is 59.8 Å². The van der Waals surface area contributed by atoms with Crippen LogP contribution < -0.4 is 0 Å². The molecule has 0 aliphatic carbocycles. The van der Waals surface area contributed by atoms with Crippen LogP contribution >= 0.6 is 0 Å². The largest absolute Gasteiger partial charge is 0.393 e. The molecule has 0 fully saturated rings. The van der Waals surface area contributed by atoms with Crippen LogP contribution in [-0.4, -0.2) is 11.2 Å². The highest BCUT2D eigenvalue weighted by Gasteiger charge is 2.12. The van der Waals surface area contributed by atoms with Crippen LogP contribution in [0, 0.1) is 11.8 Å². The smallest absolute Gasteiger partial charge is 0.0512 e. The molecule has 0 bridgehead atoms. The Kier molecular flexibility index (Phi) is 7.76. The van der Waals surface area contributed by atoms with E-state index in [2.05, 4.69) is 27.4 Å². The Hall–Kier alpha value is -0.300. The van der Waals surface area contributed by atoms with Crippen molar-refractivity contribution >= 4 is 0 Å². The van der Waals surface area contributed by atoms with Crippen molar-refractivity contribution in [1.29, 1.82) is 0 Å². The standard InChI is InChI=1S/C14H28O/c1-6-12(4)7-9-14(11(2)3)10-8-13(5)15/h12-15H,2,6-10H2,1,3-5H3. The molecule has 1 nitrogen and oxygen atoms in total. The van der Waals surface area contributed by atoms with Gasteiger partial charge in [-0.15, -0.1) is 0 Å². The van der Waals surface area contributed by atoms with Crippen molar-refractivity contribution in [3.63, 3.8) is 0 Å². The molecular weight excluding hydrogens is 184 g/mol. The van der Waals surface area contributed by atoms with Crippen molar-refractivity contribution < 1.29 is 5.11 Å². The van der Waals surface area contributed by atoms with Gasteiger partial charge in [-0.3, -0.25) is 0 Å². The van der Waals surface area contributed by atoms with Gasteiger partial charge in [-0.05, 0) is 44.9 Å². The SMILES string of the molecule is C=C(C)C(CCC(C)O)CCC(C)CC. The second kappa shape index (κ2) is 7.92. The lowest BCUT2D eigenvalue weighted by molar-refractivity contribution is 0.174. The minimum absolute atomic E-state index is 0.171. The Bertz CT molecular complexity index is 172. The maximum Gasteiger partial charge on any atom is 0.0512 e. The van der Waals surface area contributed by atoms with Crippen LogP contribution in [-0.2, 0) is 0 Å². The zero-order valence-corrected chi connectivity index (χ0v) is 10.9. The lowest BCUT2D eigenvalue weighted by Gasteiger charge is -2.19. The third kappa shape index (κ3) is 7.61. The third-order valence-electron chi connectivity index (χ3n) is 3.33. The van der Waals surface area contributed by atoms with E-state index in [1.807, 2.05) is 6.92 Å². The van der Waals surface area contributed by atoms with Gasteiger partial charge >= 0.3 is 0 Å². The lowest BCUT2D eigenvalue weighted by atomic mass is 9.87. The van der Waals surface area contributed by atoms with E-state index in [0.29, 0.717) is 5.92 Å². The number of hydrogen-bond donors (Lipinski definition) is 1. The first-order chi connectivity index (χ1) is 6.97. The molecule has 0 saturated carbocycles. The number of rotatable bonds is 8. The van der Waals surface area contributed by atoms with Crippen LogP contribution in [0.2, 0.25) is 0 Å². The molecule has 15 heavy (non-hydrogen) atoms. The van der Waals surface area contributed by atoms with Crippen LogP contribution in [0.5, 0.6) is 0 Å². The molecule has 1 heteroatoms. The topological polar surface area (TPSA) is 20.2 Å². The summed E-state index contributed by atoms with van der Waals surface area (Å²) in [7, 11) is 0. The molecule has 1 N–H and O–H groups in total. The highest BCUT2D eigenvalue weighted by molar-refractivity contribution is 4.96. The Balaban J connectivity index is 3.89. The Labute approximate surface area is 95.6 Å². The summed E-state index contributed by atoms with van der Waals surface area (Å²) in [6.07, 6.45) is 5.60. The van der Waals surface area contributed by atoms with Crippen LogP contribution in [0.25, 0.3) is 0 Å². The lowest BCUT2D eigenvalue weighted by Crippen LogP contribution is -2.08. The van der Waals surface area contributed by atoms with Crippen molar-refractivity contribution in [3.05, 3.63) is 12.2 Å². The van der Waals surface area contributed by atoms with Crippen LogP contribution in [0.15, 0.2) is 12.2 Å². The highest BCUT2D eigenvalue weighted by atomic mass is 16.3. The molecule has 0 aromatic carbocycles.